The van der Waals surface area contributed by atoms with E-state index in [1.807, 2.05) is 12.1 Å². The Bertz CT molecular complexity index is 881. The lowest BCUT2D eigenvalue weighted by molar-refractivity contribution is -0.132. The van der Waals surface area contributed by atoms with Crippen molar-refractivity contribution in [1.82, 2.24) is 15.0 Å². The summed E-state index contributed by atoms with van der Waals surface area (Å²) in [4.78, 5) is 18.0. The molecule has 0 aliphatic carbocycles. The molecule has 1 aromatic heterocycles. The molecule has 0 N–H and O–H groups in total. The van der Waals surface area contributed by atoms with Crippen LogP contribution in [-0.4, -0.2) is 34.6 Å². The standard InChI is InChI=1S/C18H15BrClN3O3/c1-23(17(24)11-25-15-8-4-13(19)5-9-15)10-16-21-18(22-26-16)12-2-6-14(20)7-3-12/h2-9H,10-11H2,1H3. The van der Waals surface area contributed by atoms with Crippen molar-refractivity contribution < 1.29 is 14.1 Å². The van der Waals surface area contributed by atoms with Gasteiger partial charge in [0.15, 0.2) is 6.61 Å². The molecular formula is C18H15BrClN3O3. The van der Waals surface area contributed by atoms with E-state index in [0.29, 0.717) is 22.5 Å². The minimum Gasteiger partial charge on any atom is -0.484 e. The van der Waals surface area contributed by atoms with E-state index in [-0.39, 0.29) is 19.1 Å². The lowest BCUT2D eigenvalue weighted by Gasteiger charge is -2.15. The zero-order chi connectivity index (χ0) is 18.5. The maximum Gasteiger partial charge on any atom is 0.260 e. The number of amides is 1. The summed E-state index contributed by atoms with van der Waals surface area (Å²) in [7, 11) is 1.65. The van der Waals surface area contributed by atoms with Gasteiger partial charge in [-0.1, -0.05) is 32.7 Å². The number of ether oxygens (including phenoxy) is 1. The molecule has 0 unspecified atom stereocenters. The molecule has 0 fully saturated rings. The molecule has 0 spiro atoms. The molecule has 3 aromatic rings. The molecular weight excluding hydrogens is 422 g/mol. The second-order valence-electron chi connectivity index (χ2n) is 5.51. The second kappa shape index (κ2) is 8.33. The number of halogens is 2. The van der Waals surface area contributed by atoms with Crippen LogP contribution in [0.5, 0.6) is 5.75 Å². The van der Waals surface area contributed by atoms with Crippen molar-refractivity contribution in [3.05, 3.63) is 63.9 Å². The molecule has 6 nitrogen and oxygen atoms in total. The lowest BCUT2D eigenvalue weighted by Crippen LogP contribution is -2.31. The van der Waals surface area contributed by atoms with Crippen LogP contribution in [0.25, 0.3) is 11.4 Å². The number of hydrogen-bond donors (Lipinski definition) is 0. The van der Waals surface area contributed by atoms with Crippen LogP contribution in [0.1, 0.15) is 5.89 Å². The number of benzene rings is 2. The van der Waals surface area contributed by atoms with Crippen molar-refractivity contribution in [2.75, 3.05) is 13.7 Å². The number of carbonyl (C=O) groups excluding carboxylic acids is 1. The minimum atomic E-state index is -0.195. The SMILES string of the molecule is CN(Cc1nc(-c2ccc(Cl)cc2)no1)C(=O)COc1ccc(Br)cc1. The Morgan fingerprint density at radius 1 is 1.19 bits per heavy atom. The van der Waals surface area contributed by atoms with Gasteiger partial charge in [0.05, 0.1) is 6.54 Å². The summed E-state index contributed by atoms with van der Waals surface area (Å²) in [6.07, 6.45) is 0. The first-order valence-electron chi connectivity index (χ1n) is 7.72. The van der Waals surface area contributed by atoms with Crippen LogP contribution >= 0.6 is 27.5 Å². The van der Waals surface area contributed by atoms with Crippen molar-refractivity contribution in [3.8, 4) is 17.1 Å². The van der Waals surface area contributed by atoms with Crippen molar-refractivity contribution in [3.63, 3.8) is 0 Å². The smallest absolute Gasteiger partial charge is 0.260 e. The highest BCUT2D eigenvalue weighted by atomic mass is 79.9. The second-order valence-corrected chi connectivity index (χ2v) is 6.86. The first-order valence-corrected chi connectivity index (χ1v) is 8.89. The molecule has 0 atom stereocenters. The van der Waals surface area contributed by atoms with Gasteiger partial charge in [0.1, 0.15) is 5.75 Å². The molecule has 134 valence electrons. The number of aromatic nitrogens is 2. The van der Waals surface area contributed by atoms with E-state index in [4.69, 9.17) is 20.9 Å². The van der Waals surface area contributed by atoms with Gasteiger partial charge in [-0.2, -0.15) is 4.98 Å². The third-order valence-electron chi connectivity index (χ3n) is 3.54. The predicted octanol–water partition coefficient (Wildman–Crippen LogP) is 4.19. The van der Waals surface area contributed by atoms with E-state index in [1.54, 1.807) is 43.4 Å². The maximum absolute atomic E-state index is 12.2. The number of nitrogens with zero attached hydrogens (tertiary/aromatic N) is 3. The van der Waals surface area contributed by atoms with E-state index >= 15 is 0 Å². The van der Waals surface area contributed by atoms with Gasteiger partial charge in [-0.25, -0.2) is 0 Å². The van der Waals surface area contributed by atoms with Crippen LogP contribution < -0.4 is 4.74 Å². The van der Waals surface area contributed by atoms with Gasteiger partial charge in [0, 0.05) is 22.1 Å². The first-order chi connectivity index (χ1) is 12.5. The monoisotopic (exact) mass is 435 g/mol. The molecule has 1 amide bonds. The van der Waals surface area contributed by atoms with E-state index in [9.17, 15) is 4.79 Å². The van der Waals surface area contributed by atoms with E-state index in [0.717, 1.165) is 10.0 Å². The van der Waals surface area contributed by atoms with Crippen molar-refractivity contribution in [2.24, 2.45) is 0 Å². The third kappa shape index (κ3) is 4.83. The summed E-state index contributed by atoms with van der Waals surface area (Å²) in [5.41, 5.74) is 0.789. The Hall–Kier alpha value is -2.38. The van der Waals surface area contributed by atoms with E-state index in [2.05, 4.69) is 26.1 Å². The summed E-state index contributed by atoms with van der Waals surface area (Å²) in [6.45, 7) is 0.124. The fourth-order valence-electron chi connectivity index (χ4n) is 2.11. The van der Waals surface area contributed by atoms with Crippen molar-refractivity contribution >= 4 is 33.4 Å². The molecule has 2 aromatic carbocycles. The van der Waals surface area contributed by atoms with E-state index < -0.39 is 0 Å². The maximum atomic E-state index is 12.2. The third-order valence-corrected chi connectivity index (χ3v) is 4.33. The van der Waals surface area contributed by atoms with Gasteiger partial charge < -0.3 is 14.2 Å². The molecule has 0 saturated carbocycles. The fraction of sp³-hybridized carbons (Fsp3) is 0.167. The topological polar surface area (TPSA) is 68.5 Å². The Morgan fingerprint density at radius 3 is 2.58 bits per heavy atom. The van der Waals surface area contributed by atoms with Gasteiger partial charge in [-0.15, -0.1) is 0 Å². The molecule has 1 heterocycles. The average Bonchev–Trinajstić information content (AvgIpc) is 3.10. The number of likely N-dealkylation sites (N-methyl/N-ethyl adjacent to an activating group) is 1. The van der Waals surface area contributed by atoms with E-state index in [1.165, 1.54) is 4.90 Å². The molecule has 8 heteroatoms. The zero-order valence-corrected chi connectivity index (χ0v) is 16.2. The van der Waals surface area contributed by atoms with Crippen LogP contribution in [-0.2, 0) is 11.3 Å². The fourth-order valence-corrected chi connectivity index (χ4v) is 2.50. The lowest BCUT2D eigenvalue weighted by atomic mass is 10.2. The summed E-state index contributed by atoms with van der Waals surface area (Å²) in [5, 5.41) is 4.56. The first kappa shape index (κ1) is 18.4. The van der Waals surface area contributed by atoms with Crippen LogP contribution in [0, 0.1) is 0 Å². The highest BCUT2D eigenvalue weighted by Crippen LogP contribution is 2.19. The van der Waals surface area contributed by atoms with Crippen molar-refractivity contribution in [1.29, 1.82) is 0 Å². The largest absolute Gasteiger partial charge is 0.484 e. The highest BCUT2D eigenvalue weighted by molar-refractivity contribution is 9.10. The Kier molecular flexibility index (Phi) is 5.90. The summed E-state index contributed by atoms with van der Waals surface area (Å²) in [6, 6.07) is 14.4. The van der Waals surface area contributed by atoms with Crippen LogP contribution in [0.15, 0.2) is 57.5 Å². The minimum absolute atomic E-state index is 0.0731. The highest BCUT2D eigenvalue weighted by Gasteiger charge is 2.15. The number of hydrogen-bond acceptors (Lipinski definition) is 5. The Morgan fingerprint density at radius 2 is 1.88 bits per heavy atom. The number of rotatable bonds is 6. The quantitative estimate of drug-likeness (QED) is 0.579. The van der Waals surface area contributed by atoms with Crippen LogP contribution in [0.3, 0.4) is 0 Å². The van der Waals surface area contributed by atoms with Crippen LogP contribution in [0.4, 0.5) is 0 Å². The van der Waals surface area contributed by atoms with Gasteiger partial charge >= 0.3 is 0 Å². The molecule has 0 aliphatic rings. The summed E-state index contributed by atoms with van der Waals surface area (Å²) < 4.78 is 11.6. The van der Waals surface area contributed by atoms with Crippen LogP contribution in [0.2, 0.25) is 5.02 Å². The molecule has 0 saturated heterocycles. The molecule has 0 aliphatic heterocycles. The molecule has 3 rings (SSSR count). The van der Waals surface area contributed by atoms with Gasteiger partial charge in [0.25, 0.3) is 5.91 Å². The average molecular weight is 437 g/mol. The summed E-state index contributed by atoms with van der Waals surface area (Å²) in [5.74, 6) is 1.22. The number of carbonyl (C=O) groups is 1. The molecule has 0 bridgehead atoms. The zero-order valence-electron chi connectivity index (χ0n) is 13.9. The normalized spacial score (nSPS) is 10.6. The Balaban J connectivity index is 1.55. The molecule has 0 radical (unpaired) electrons. The van der Waals surface area contributed by atoms with Gasteiger partial charge in [-0.3, -0.25) is 4.79 Å². The molecule has 26 heavy (non-hydrogen) atoms. The van der Waals surface area contributed by atoms with Crippen molar-refractivity contribution in [2.45, 2.75) is 6.54 Å². The van der Waals surface area contributed by atoms with Gasteiger partial charge in [0.2, 0.25) is 11.7 Å². The van der Waals surface area contributed by atoms with Gasteiger partial charge in [-0.05, 0) is 48.5 Å². The predicted molar refractivity (Wildman–Crippen MR) is 101 cm³/mol. The summed E-state index contributed by atoms with van der Waals surface area (Å²) >= 11 is 9.21. The Labute approximate surface area is 163 Å².